The average Bonchev–Trinajstić information content (AvgIpc) is 2.36. The Morgan fingerprint density at radius 2 is 2.00 bits per heavy atom. The van der Waals surface area contributed by atoms with Crippen molar-refractivity contribution in [2.24, 2.45) is 0 Å². The minimum absolute atomic E-state index is 0.194. The summed E-state index contributed by atoms with van der Waals surface area (Å²) in [5.74, 6) is -0.194. The molecule has 0 saturated carbocycles. The maximum absolute atomic E-state index is 13.7. The fraction of sp³-hybridized carbons (Fsp3) is 0.625. The molecule has 0 saturated heterocycles. The molecule has 0 atom stereocenters. The summed E-state index contributed by atoms with van der Waals surface area (Å²) in [5, 5.41) is 3.33. The van der Waals surface area contributed by atoms with Gasteiger partial charge in [-0.15, -0.1) is 0 Å². The molecule has 1 aromatic carbocycles. The quantitative estimate of drug-likeness (QED) is 0.805. The van der Waals surface area contributed by atoms with E-state index in [4.69, 9.17) is 4.74 Å². The fourth-order valence-corrected chi connectivity index (χ4v) is 1.55. The van der Waals surface area contributed by atoms with Gasteiger partial charge in [0.1, 0.15) is 5.82 Å². The Hall–Kier alpha value is -0.930. The van der Waals surface area contributed by atoms with Gasteiger partial charge in [0.2, 0.25) is 0 Å². The molecule has 1 N–H and O–H groups in total. The van der Waals surface area contributed by atoms with Crippen LogP contribution in [0.25, 0.3) is 0 Å². The van der Waals surface area contributed by atoms with Gasteiger partial charge in [0.25, 0.3) is 0 Å². The normalized spacial score (nSPS) is 12.2. The summed E-state index contributed by atoms with van der Waals surface area (Å²) in [6.45, 7) is 11.4. The van der Waals surface area contributed by atoms with Gasteiger partial charge in [-0.2, -0.15) is 0 Å². The molecular weight excluding hydrogens is 241 g/mol. The molecular formula is C16H26FNO. The summed E-state index contributed by atoms with van der Waals surface area (Å²) in [6, 6.07) is 5.65. The van der Waals surface area contributed by atoms with E-state index in [9.17, 15) is 4.39 Å². The number of ether oxygens (including phenoxy) is 1. The smallest absolute Gasteiger partial charge is 0.128 e. The van der Waals surface area contributed by atoms with Gasteiger partial charge in [0.05, 0.1) is 12.2 Å². The van der Waals surface area contributed by atoms with Crippen LogP contribution in [0.15, 0.2) is 18.2 Å². The van der Waals surface area contributed by atoms with Gasteiger partial charge >= 0.3 is 0 Å². The molecule has 0 amide bonds. The number of nitrogens with one attached hydrogen (secondary N) is 1. The van der Waals surface area contributed by atoms with E-state index in [1.54, 1.807) is 0 Å². The summed E-state index contributed by atoms with van der Waals surface area (Å²) < 4.78 is 19.5. The van der Waals surface area contributed by atoms with E-state index in [1.165, 1.54) is 6.07 Å². The molecule has 0 aliphatic rings. The van der Waals surface area contributed by atoms with Gasteiger partial charge in [-0.05, 0) is 38.0 Å². The van der Waals surface area contributed by atoms with Crippen LogP contribution in [0.3, 0.4) is 0 Å². The maximum Gasteiger partial charge on any atom is 0.128 e. The number of benzene rings is 1. The zero-order chi connectivity index (χ0) is 14.5. The summed E-state index contributed by atoms with van der Waals surface area (Å²) >= 11 is 0. The van der Waals surface area contributed by atoms with Crippen LogP contribution in [0.4, 0.5) is 4.39 Å². The molecule has 108 valence electrons. The molecule has 0 radical (unpaired) electrons. The molecule has 1 aromatic rings. The van der Waals surface area contributed by atoms with Gasteiger partial charge < -0.3 is 10.1 Å². The first-order chi connectivity index (χ1) is 8.84. The molecule has 0 fully saturated rings. The largest absolute Gasteiger partial charge is 0.371 e. The van der Waals surface area contributed by atoms with Crippen molar-refractivity contribution in [2.45, 2.75) is 65.8 Å². The second-order valence-corrected chi connectivity index (χ2v) is 5.86. The van der Waals surface area contributed by atoms with Crippen molar-refractivity contribution < 1.29 is 9.13 Å². The summed E-state index contributed by atoms with van der Waals surface area (Å²) in [5.41, 5.74) is 1.51. The van der Waals surface area contributed by atoms with Crippen molar-refractivity contribution in [3.63, 3.8) is 0 Å². The zero-order valence-electron chi connectivity index (χ0n) is 12.7. The minimum Gasteiger partial charge on any atom is -0.371 e. The van der Waals surface area contributed by atoms with Crippen LogP contribution in [-0.2, 0) is 17.9 Å². The van der Waals surface area contributed by atoms with E-state index in [2.05, 4.69) is 26.1 Å². The molecule has 19 heavy (non-hydrogen) atoms. The van der Waals surface area contributed by atoms with Crippen LogP contribution in [0.2, 0.25) is 0 Å². The van der Waals surface area contributed by atoms with E-state index < -0.39 is 0 Å². The molecule has 0 spiro atoms. The minimum atomic E-state index is -0.210. The first-order valence-electron chi connectivity index (χ1n) is 6.98. The lowest BCUT2D eigenvalue weighted by Crippen LogP contribution is -2.23. The third kappa shape index (κ3) is 5.70. The average molecular weight is 267 g/mol. The predicted molar refractivity (Wildman–Crippen MR) is 77.5 cm³/mol. The molecule has 2 nitrogen and oxygen atoms in total. The van der Waals surface area contributed by atoms with Crippen molar-refractivity contribution in [1.82, 2.24) is 5.32 Å². The van der Waals surface area contributed by atoms with Gasteiger partial charge in [-0.25, -0.2) is 4.39 Å². The van der Waals surface area contributed by atoms with Crippen molar-refractivity contribution >= 4 is 0 Å². The van der Waals surface area contributed by atoms with Crippen molar-refractivity contribution in [1.29, 1.82) is 0 Å². The predicted octanol–water partition coefficient (Wildman–Crippen LogP) is 4.03. The van der Waals surface area contributed by atoms with Gasteiger partial charge in [-0.1, -0.05) is 26.8 Å². The zero-order valence-corrected chi connectivity index (χ0v) is 12.7. The Morgan fingerprint density at radius 3 is 2.58 bits per heavy atom. The molecule has 0 unspecified atom stereocenters. The summed E-state index contributed by atoms with van der Waals surface area (Å²) in [7, 11) is 0. The fourth-order valence-electron chi connectivity index (χ4n) is 1.55. The first-order valence-corrected chi connectivity index (χ1v) is 6.98. The monoisotopic (exact) mass is 267 g/mol. The van der Waals surface area contributed by atoms with E-state index >= 15 is 0 Å². The van der Waals surface area contributed by atoms with E-state index in [-0.39, 0.29) is 11.4 Å². The van der Waals surface area contributed by atoms with Crippen LogP contribution in [0.5, 0.6) is 0 Å². The van der Waals surface area contributed by atoms with Crippen LogP contribution in [-0.4, -0.2) is 11.6 Å². The highest BCUT2D eigenvalue weighted by Gasteiger charge is 2.16. The van der Waals surface area contributed by atoms with E-state index in [1.807, 2.05) is 26.0 Å². The van der Waals surface area contributed by atoms with E-state index in [0.29, 0.717) is 18.2 Å². The van der Waals surface area contributed by atoms with Gasteiger partial charge in [-0.3, -0.25) is 0 Å². The summed E-state index contributed by atoms with van der Waals surface area (Å²) in [6.07, 6.45) is 0.906. The molecule has 1 rings (SSSR count). The second-order valence-electron chi connectivity index (χ2n) is 5.86. The summed E-state index contributed by atoms with van der Waals surface area (Å²) in [4.78, 5) is 0. The third-order valence-electron chi connectivity index (χ3n) is 3.29. The lowest BCUT2D eigenvalue weighted by Gasteiger charge is -2.23. The second kappa shape index (κ2) is 7.01. The van der Waals surface area contributed by atoms with Crippen LogP contribution in [0.1, 0.15) is 52.2 Å². The van der Waals surface area contributed by atoms with Crippen LogP contribution in [0, 0.1) is 5.82 Å². The van der Waals surface area contributed by atoms with Crippen molar-refractivity contribution in [3.8, 4) is 0 Å². The van der Waals surface area contributed by atoms with Crippen LogP contribution >= 0.6 is 0 Å². The SMILES string of the molecule is CCC(C)(C)OCc1cc(CNC(C)C)ccc1F. The topological polar surface area (TPSA) is 21.3 Å². The Kier molecular flexibility index (Phi) is 5.95. The van der Waals surface area contributed by atoms with Crippen molar-refractivity contribution in [3.05, 3.63) is 35.1 Å². The Balaban J connectivity index is 2.69. The Labute approximate surface area is 116 Å². The highest BCUT2D eigenvalue weighted by molar-refractivity contribution is 5.24. The van der Waals surface area contributed by atoms with Gasteiger partial charge in [0.15, 0.2) is 0 Å². The number of rotatable bonds is 7. The van der Waals surface area contributed by atoms with E-state index in [0.717, 1.165) is 18.5 Å². The van der Waals surface area contributed by atoms with Crippen LogP contribution < -0.4 is 5.32 Å². The molecule has 3 heteroatoms. The van der Waals surface area contributed by atoms with Crippen molar-refractivity contribution in [2.75, 3.05) is 0 Å². The molecule has 0 aliphatic carbocycles. The molecule has 0 aliphatic heterocycles. The number of halogens is 1. The highest BCUT2D eigenvalue weighted by Crippen LogP contribution is 2.19. The lowest BCUT2D eigenvalue weighted by molar-refractivity contribution is -0.0326. The Bertz CT molecular complexity index is 402. The third-order valence-corrected chi connectivity index (χ3v) is 3.29. The highest BCUT2D eigenvalue weighted by atomic mass is 19.1. The maximum atomic E-state index is 13.7. The molecule has 0 bridgehead atoms. The molecule has 0 heterocycles. The van der Waals surface area contributed by atoms with Gasteiger partial charge in [0, 0.05) is 18.2 Å². The standard InChI is InChI=1S/C16H26FNO/c1-6-16(4,5)19-11-14-9-13(7-8-15(14)17)10-18-12(2)3/h7-9,12,18H,6,10-11H2,1-5H3. The first kappa shape index (κ1) is 16.1. The number of hydrogen-bond acceptors (Lipinski definition) is 2. The Morgan fingerprint density at radius 1 is 1.32 bits per heavy atom. The lowest BCUT2D eigenvalue weighted by atomic mass is 10.1. The number of hydrogen-bond donors (Lipinski definition) is 1. The molecule has 0 aromatic heterocycles.